The Hall–Kier alpha value is -3.12. The van der Waals surface area contributed by atoms with Gasteiger partial charge in [-0.2, -0.15) is 0 Å². The van der Waals surface area contributed by atoms with Gasteiger partial charge in [0, 0.05) is 23.2 Å². The molecule has 3 aromatic rings. The average Bonchev–Trinajstić information content (AvgIpc) is 3.41. The zero-order valence-corrected chi connectivity index (χ0v) is 21.3. The minimum atomic E-state index is -0.190. The molecule has 0 aliphatic heterocycles. The molecule has 5 nitrogen and oxygen atoms in total. The molecule has 1 saturated carbocycles. The lowest BCUT2D eigenvalue weighted by atomic mass is 9.94. The van der Waals surface area contributed by atoms with Crippen molar-refractivity contribution < 1.29 is 9.59 Å². The van der Waals surface area contributed by atoms with Gasteiger partial charge in [-0.3, -0.25) is 4.79 Å². The maximum absolute atomic E-state index is 13.7. The van der Waals surface area contributed by atoms with E-state index in [1.54, 1.807) is 16.2 Å². The van der Waals surface area contributed by atoms with Crippen LogP contribution in [0.4, 0.5) is 10.5 Å². The van der Waals surface area contributed by atoms with E-state index in [-0.39, 0.29) is 24.5 Å². The van der Waals surface area contributed by atoms with Crippen molar-refractivity contribution in [3.8, 4) is 0 Å². The molecule has 3 amide bonds. The van der Waals surface area contributed by atoms with Crippen LogP contribution >= 0.6 is 11.3 Å². The van der Waals surface area contributed by atoms with E-state index in [2.05, 4.69) is 18.3 Å². The molecule has 0 radical (unpaired) electrons. The van der Waals surface area contributed by atoms with Gasteiger partial charge in [-0.05, 0) is 54.0 Å². The summed E-state index contributed by atoms with van der Waals surface area (Å²) < 4.78 is 0. The molecule has 1 heterocycles. The summed E-state index contributed by atoms with van der Waals surface area (Å²) >= 11 is 1.65. The van der Waals surface area contributed by atoms with Crippen LogP contribution in [0.5, 0.6) is 0 Å². The van der Waals surface area contributed by atoms with Crippen LogP contribution in [-0.2, 0) is 24.3 Å². The lowest BCUT2D eigenvalue weighted by molar-refractivity contribution is -0.133. The number of nitrogens with one attached hydrogen (secondary N) is 1. The largest absolute Gasteiger partial charge is 0.332 e. The molecule has 4 rings (SSSR count). The Labute approximate surface area is 212 Å². The Morgan fingerprint density at radius 1 is 0.886 bits per heavy atom. The Kier molecular flexibility index (Phi) is 8.96. The van der Waals surface area contributed by atoms with Crippen LogP contribution in [0.25, 0.3) is 0 Å². The van der Waals surface area contributed by atoms with Crippen molar-refractivity contribution in [2.45, 2.75) is 64.6 Å². The van der Waals surface area contributed by atoms with Crippen molar-refractivity contribution in [1.29, 1.82) is 0 Å². The van der Waals surface area contributed by atoms with E-state index >= 15 is 0 Å². The zero-order valence-electron chi connectivity index (χ0n) is 20.5. The van der Waals surface area contributed by atoms with Gasteiger partial charge in [-0.15, -0.1) is 11.3 Å². The van der Waals surface area contributed by atoms with Gasteiger partial charge in [0.1, 0.15) is 6.54 Å². The van der Waals surface area contributed by atoms with Gasteiger partial charge in [0.05, 0.1) is 6.54 Å². The highest BCUT2D eigenvalue weighted by Crippen LogP contribution is 2.24. The topological polar surface area (TPSA) is 52.7 Å². The molecule has 0 saturated heterocycles. The van der Waals surface area contributed by atoms with Crippen molar-refractivity contribution >= 4 is 29.0 Å². The molecule has 0 spiro atoms. The number of hydrogen-bond acceptors (Lipinski definition) is 3. The fourth-order valence-corrected chi connectivity index (χ4v) is 5.37. The first-order valence-electron chi connectivity index (χ1n) is 12.6. The Balaban J connectivity index is 1.51. The molecule has 2 aromatic carbocycles. The van der Waals surface area contributed by atoms with Gasteiger partial charge >= 0.3 is 6.03 Å². The number of nitrogens with zero attached hydrogens (tertiary/aromatic N) is 2. The van der Waals surface area contributed by atoms with Crippen molar-refractivity contribution in [2.75, 3.05) is 11.9 Å². The average molecular weight is 490 g/mol. The van der Waals surface area contributed by atoms with Gasteiger partial charge in [0.2, 0.25) is 5.91 Å². The molecule has 1 N–H and O–H groups in total. The summed E-state index contributed by atoms with van der Waals surface area (Å²) in [7, 11) is 0. The van der Waals surface area contributed by atoms with Gasteiger partial charge in [0.15, 0.2) is 0 Å². The third-order valence-electron chi connectivity index (χ3n) is 6.69. The predicted molar refractivity (Wildman–Crippen MR) is 143 cm³/mol. The minimum Gasteiger partial charge on any atom is -0.332 e. The molecule has 6 heteroatoms. The molecule has 0 atom stereocenters. The Morgan fingerprint density at radius 2 is 1.63 bits per heavy atom. The number of carbonyl (C=O) groups excluding carboxylic acids is 2. The monoisotopic (exact) mass is 489 g/mol. The fourth-order valence-electron chi connectivity index (χ4n) is 4.65. The first kappa shape index (κ1) is 25.0. The van der Waals surface area contributed by atoms with Crippen molar-refractivity contribution in [3.63, 3.8) is 0 Å². The first-order chi connectivity index (χ1) is 17.1. The number of amides is 3. The number of benzene rings is 2. The number of carbonyl (C=O) groups is 2. The highest BCUT2D eigenvalue weighted by molar-refractivity contribution is 7.09. The van der Waals surface area contributed by atoms with Crippen molar-refractivity contribution in [2.24, 2.45) is 0 Å². The van der Waals surface area contributed by atoms with Crippen molar-refractivity contribution in [3.05, 3.63) is 88.1 Å². The quantitative estimate of drug-likeness (QED) is 0.363. The van der Waals surface area contributed by atoms with E-state index in [9.17, 15) is 9.59 Å². The lowest BCUT2D eigenvalue weighted by Crippen LogP contribution is -2.49. The molecule has 1 fully saturated rings. The molecule has 0 unspecified atom stereocenters. The van der Waals surface area contributed by atoms with Gasteiger partial charge in [0.25, 0.3) is 0 Å². The second-order valence-corrected chi connectivity index (χ2v) is 10.2. The summed E-state index contributed by atoms with van der Waals surface area (Å²) in [6.45, 7) is 3.27. The fraction of sp³-hybridized carbons (Fsp3) is 0.379. The van der Waals surface area contributed by atoms with E-state index in [1.807, 2.05) is 70.9 Å². The van der Waals surface area contributed by atoms with Gasteiger partial charge < -0.3 is 15.1 Å². The maximum Gasteiger partial charge on any atom is 0.322 e. The lowest BCUT2D eigenvalue weighted by Gasteiger charge is -2.35. The summed E-state index contributed by atoms with van der Waals surface area (Å²) in [5, 5.41) is 5.08. The molecular weight excluding hydrogens is 454 g/mol. The summed E-state index contributed by atoms with van der Waals surface area (Å²) in [6, 6.07) is 22.0. The normalized spacial score (nSPS) is 13.9. The van der Waals surface area contributed by atoms with E-state index < -0.39 is 0 Å². The van der Waals surface area contributed by atoms with Gasteiger partial charge in [-0.1, -0.05) is 74.7 Å². The van der Waals surface area contributed by atoms with Gasteiger partial charge in [-0.25, -0.2) is 4.79 Å². The zero-order chi connectivity index (χ0) is 24.5. The van der Waals surface area contributed by atoms with E-state index in [4.69, 9.17) is 0 Å². The summed E-state index contributed by atoms with van der Waals surface area (Å²) in [4.78, 5) is 31.9. The van der Waals surface area contributed by atoms with Crippen LogP contribution in [-0.4, -0.2) is 34.3 Å². The van der Waals surface area contributed by atoms with E-state index in [0.29, 0.717) is 13.1 Å². The molecule has 1 aliphatic rings. The molecule has 1 aromatic heterocycles. The first-order valence-corrected chi connectivity index (χ1v) is 13.5. The number of anilines is 1. The summed E-state index contributed by atoms with van der Waals surface area (Å²) in [5.74, 6) is -0.0238. The minimum absolute atomic E-state index is 0.0238. The molecular formula is C29H35N3O2S. The van der Waals surface area contributed by atoms with Crippen LogP contribution < -0.4 is 5.32 Å². The number of rotatable bonds is 9. The Morgan fingerprint density at radius 3 is 2.29 bits per heavy atom. The Bertz CT molecular complexity index is 1060. The number of hydrogen-bond donors (Lipinski definition) is 1. The SMILES string of the molecule is CCc1ccc(NC(=O)N(CC(=O)N(Cc2ccccc2)Cc2cccs2)C2CCCCC2)cc1. The third kappa shape index (κ3) is 7.18. The van der Waals surface area contributed by atoms with E-state index in [0.717, 1.165) is 48.2 Å². The second kappa shape index (κ2) is 12.5. The second-order valence-electron chi connectivity index (χ2n) is 9.22. The smallest absolute Gasteiger partial charge is 0.322 e. The van der Waals surface area contributed by atoms with Crippen LogP contribution in [0, 0.1) is 0 Å². The van der Waals surface area contributed by atoms with Crippen LogP contribution in [0.1, 0.15) is 55.0 Å². The van der Waals surface area contributed by atoms with Crippen LogP contribution in [0.15, 0.2) is 72.1 Å². The predicted octanol–water partition coefficient (Wildman–Crippen LogP) is 6.71. The number of urea groups is 1. The summed E-state index contributed by atoms with van der Waals surface area (Å²) in [6.07, 6.45) is 6.22. The molecule has 35 heavy (non-hydrogen) atoms. The van der Waals surface area contributed by atoms with Crippen LogP contribution in [0.3, 0.4) is 0 Å². The summed E-state index contributed by atoms with van der Waals surface area (Å²) in [5.41, 5.74) is 3.08. The van der Waals surface area contributed by atoms with Crippen molar-refractivity contribution in [1.82, 2.24) is 9.80 Å². The molecule has 0 bridgehead atoms. The third-order valence-corrected chi connectivity index (χ3v) is 7.55. The molecule has 1 aliphatic carbocycles. The highest BCUT2D eigenvalue weighted by atomic mass is 32.1. The number of thiophene rings is 1. The van der Waals surface area contributed by atoms with E-state index in [1.165, 1.54) is 12.0 Å². The van der Waals surface area contributed by atoms with Crippen LogP contribution in [0.2, 0.25) is 0 Å². The molecule has 184 valence electrons. The maximum atomic E-state index is 13.7. The highest BCUT2D eigenvalue weighted by Gasteiger charge is 2.29. The number of aryl methyl sites for hydroxylation is 1. The standard InChI is InChI=1S/C29H35N3O2S/c1-2-23-15-17-25(18-16-23)30-29(34)32(26-12-7-4-8-13-26)22-28(33)31(21-27-14-9-19-35-27)20-24-10-5-3-6-11-24/h3,5-6,9-11,14-19,26H,2,4,7-8,12-13,20-22H2,1H3,(H,30,34).